The van der Waals surface area contributed by atoms with Crippen LogP contribution in [0.5, 0.6) is 0 Å². The Labute approximate surface area is 79.8 Å². The molecule has 0 saturated carbocycles. The molecule has 0 radical (unpaired) electrons. The van der Waals surface area contributed by atoms with Crippen LogP contribution in [0.2, 0.25) is 0 Å². The number of rotatable bonds is 3. The van der Waals surface area contributed by atoms with Gasteiger partial charge in [-0.15, -0.1) is 0 Å². The third-order valence-electron chi connectivity index (χ3n) is 0.464. The zero-order valence-electron chi connectivity index (χ0n) is 6.18. The van der Waals surface area contributed by atoms with E-state index in [0.29, 0.717) is 0 Å². The summed E-state index contributed by atoms with van der Waals surface area (Å²) in [5, 5.41) is 7.95. The van der Waals surface area contributed by atoms with E-state index in [0.717, 1.165) is 0 Å². The minimum Gasteiger partial charge on any atom is -0.746 e. The van der Waals surface area contributed by atoms with Gasteiger partial charge in [0.1, 0.15) is 0 Å². The minimum atomic E-state index is -5.01. The summed E-state index contributed by atoms with van der Waals surface area (Å²) >= 11 is 0. The zero-order valence-corrected chi connectivity index (χ0v) is 7.08. The molecule has 0 aromatic rings. The van der Waals surface area contributed by atoms with Gasteiger partial charge in [0, 0.05) is 0 Å². The Morgan fingerprint density at radius 3 is 2.00 bits per heavy atom. The van der Waals surface area contributed by atoms with Crippen LogP contribution in [0.1, 0.15) is 0 Å². The molecule has 7 nitrogen and oxygen atoms in total. The molecule has 0 fully saturated rings. The smallest absolute Gasteiger partial charge is 0.746 e. The molecule has 0 aromatic carbocycles. The Kier molecular flexibility index (Phi) is 9.24. The standard InChI is InChI=1S/C3H5O6P.Li.H2O/c1-2(3(4)5)9-10(6,7)8;;/h1H2,(H,4,5)(H2,6,7,8);;1H2/q;+1;/p-1. The van der Waals surface area contributed by atoms with Crippen molar-refractivity contribution >= 4 is 13.8 Å². The van der Waals surface area contributed by atoms with E-state index < -0.39 is 19.6 Å². The number of carboxylic acids is 1. The van der Waals surface area contributed by atoms with Crippen LogP contribution in [-0.4, -0.2) is 21.4 Å². The van der Waals surface area contributed by atoms with Crippen LogP contribution in [0.25, 0.3) is 0 Å². The molecule has 0 saturated heterocycles. The number of phosphoric acid groups is 1. The molecule has 0 rings (SSSR count). The molecular weight excluding hydrogens is 186 g/mol. The molecule has 4 N–H and O–H groups in total. The van der Waals surface area contributed by atoms with Gasteiger partial charge < -0.3 is 24.9 Å². The number of carboxylic acid groups (broad SMARTS) is 1. The van der Waals surface area contributed by atoms with Gasteiger partial charge in [0.15, 0.2) is 0 Å². The van der Waals surface area contributed by atoms with Crippen molar-refractivity contribution in [1.82, 2.24) is 0 Å². The van der Waals surface area contributed by atoms with Gasteiger partial charge in [0.25, 0.3) is 0 Å². The number of hydrogen-bond acceptors (Lipinski definition) is 4. The molecule has 0 spiro atoms. The Morgan fingerprint density at radius 1 is 1.58 bits per heavy atom. The molecule has 0 amide bonds. The maximum absolute atomic E-state index is 9.78. The SMILES string of the molecule is C=C(OP(=O)([O-])O)C(=O)O.O.[Li+]. The van der Waals surface area contributed by atoms with E-state index in [4.69, 9.17) is 10.00 Å². The summed E-state index contributed by atoms with van der Waals surface area (Å²) in [6.45, 7) is 2.69. The first-order valence-corrected chi connectivity index (χ1v) is 3.48. The van der Waals surface area contributed by atoms with Gasteiger partial charge >= 0.3 is 32.7 Å². The second kappa shape index (κ2) is 6.26. The van der Waals surface area contributed by atoms with E-state index >= 15 is 0 Å². The average molecular weight is 192 g/mol. The van der Waals surface area contributed by atoms with Crippen molar-refractivity contribution < 1.29 is 53.1 Å². The first kappa shape index (κ1) is 17.7. The molecule has 1 atom stereocenters. The summed E-state index contributed by atoms with van der Waals surface area (Å²) < 4.78 is 13.2. The second-order valence-electron chi connectivity index (χ2n) is 1.29. The first-order chi connectivity index (χ1) is 4.33. The van der Waals surface area contributed by atoms with E-state index in [1.54, 1.807) is 0 Å². The normalized spacial score (nSPS) is 12.8. The summed E-state index contributed by atoms with van der Waals surface area (Å²) in [7, 11) is -5.01. The number of hydrogen-bond donors (Lipinski definition) is 2. The predicted octanol–water partition coefficient (Wildman–Crippen LogP) is -4.76. The fraction of sp³-hybridized carbons (Fsp3) is 0. The fourth-order valence-electron chi connectivity index (χ4n) is 0.178. The maximum atomic E-state index is 9.78. The largest absolute Gasteiger partial charge is 1.00 e. The van der Waals surface area contributed by atoms with Crippen molar-refractivity contribution in [3.05, 3.63) is 12.3 Å². The minimum absolute atomic E-state index is 0. The van der Waals surface area contributed by atoms with E-state index in [1.807, 2.05) is 0 Å². The van der Waals surface area contributed by atoms with Crippen LogP contribution in [0.15, 0.2) is 12.3 Å². The van der Waals surface area contributed by atoms with Gasteiger partial charge in [0.2, 0.25) is 5.76 Å². The van der Waals surface area contributed by atoms with Gasteiger partial charge in [-0.05, 0) is 6.58 Å². The molecule has 0 aliphatic rings. The fourth-order valence-corrected chi connectivity index (χ4v) is 0.535. The Bertz CT molecular complexity index is 207. The molecular formula is C3H6LiO7P. The van der Waals surface area contributed by atoms with Crippen LogP contribution >= 0.6 is 7.82 Å². The van der Waals surface area contributed by atoms with Crippen molar-refractivity contribution in [2.75, 3.05) is 0 Å². The van der Waals surface area contributed by atoms with Crippen molar-refractivity contribution in [1.29, 1.82) is 0 Å². The maximum Gasteiger partial charge on any atom is 1.00 e. The Balaban J connectivity index is -0.000000405. The molecule has 0 heterocycles. The molecule has 0 aliphatic heterocycles. The summed E-state index contributed by atoms with van der Waals surface area (Å²) in [5.74, 6) is -2.69. The molecule has 0 aromatic heterocycles. The molecule has 66 valence electrons. The monoisotopic (exact) mass is 192 g/mol. The van der Waals surface area contributed by atoms with Crippen molar-refractivity contribution in [3.8, 4) is 0 Å². The summed E-state index contributed by atoms with van der Waals surface area (Å²) in [6, 6.07) is 0. The van der Waals surface area contributed by atoms with Crippen molar-refractivity contribution in [2.45, 2.75) is 0 Å². The van der Waals surface area contributed by atoms with E-state index in [-0.39, 0.29) is 24.3 Å². The van der Waals surface area contributed by atoms with Crippen LogP contribution in [0.4, 0.5) is 0 Å². The molecule has 0 aliphatic carbocycles. The Morgan fingerprint density at radius 2 is 1.92 bits per heavy atom. The van der Waals surface area contributed by atoms with Crippen molar-refractivity contribution in [3.63, 3.8) is 0 Å². The summed E-state index contributed by atoms with van der Waals surface area (Å²) in [5.41, 5.74) is 0. The van der Waals surface area contributed by atoms with Gasteiger partial charge in [-0.2, -0.15) is 0 Å². The summed E-state index contributed by atoms with van der Waals surface area (Å²) in [6.07, 6.45) is 0. The first-order valence-electron chi connectivity index (χ1n) is 1.98. The third kappa shape index (κ3) is 9.72. The topological polar surface area (TPSA) is 138 Å². The predicted molar refractivity (Wildman–Crippen MR) is 31.3 cm³/mol. The quantitative estimate of drug-likeness (QED) is 0.199. The van der Waals surface area contributed by atoms with Crippen LogP contribution in [0, 0.1) is 0 Å². The van der Waals surface area contributed by atoms with Gasteiger partial charge in [-0.1, -0.05) is 0 Å². The number of carbonyl (C=O) groups is 1. The van der Waals surface area contributed by atoms with Gasteiger partial charge in [-0.3, -0.25) is 4.57 Å². The third-order valence-corrected chi connectivity index (χ3v) is 0.915. The number of aliphatic carboxylic acids is 1. The van der Waals surface area contributed by atoms with E-state index in [9.17, 15) is 14.3 Å². The summed E-state index contributed by atoms with van der Waals surface area (Å²) in [4.78, 5) is 27.5. The molecule has 9 heteroatoms. The average Bonchev–Trinajstić information content (AvgIpc) is 1.60. The second-order valence-corrected chi connectivity index (χ2v) is 2.41. The molecule has 0 bridgehead atoms. The van der Waals surface area contributed by atoms with Crippen molar-refractivity contribution in [2.24, 2.45) is 0 Å². The van der Waals surface area contributed by atoms with Crippen LogP contribution < -0.4 is 23.8 Å². The van der Waals surface area contributed by atoms with Crippen LogP contribution in [0.3, 0.4) is 0 Å². The molecule has 12 heavy (non-hydrogen) atoms. The van der Waals surface area contributed by atoms with Crippen LogP contribution in [-0.2, 0) is 13.9 Å². The van der Waals surface area contributed by atoms with E-state index in [2.05, 4.69) is 11.1 Å². The zero-order chi connectivity index (χ0) is 8.36. The van der Waals surface area contributed by atoms with Gasteiger partial charge in [-0.25, -0.2) is 4.79 Å². The van der Waals surface area contributed by atoms with E-state index in [1.165, 1.54) is 0 Å². The Hall–Kier alpha value is -0.283. The number of phosphoric ester groups is 1. The van der Waals surface area contributed by atoms with Gasteiger partial charge in [0.05, 0.1) is 0 Å². The molecule has 1 unspecified atom stereocenters.